The number of rotatable bonds is 4. The zero-order valence-corrected chi connectivity index (χ0v) is 9.27. The highest BCUT2D eigenvalue weighted by Crippen LogP contribution is 2.16. The van der Waals surface area contributed by atoms with E-state index in [1.807, 2.05) is 0 Å². The zero-order valence-electron chi connectivity index (χ0n) is 9.27. The maximum Gasteiger partial charge on any atom is 0.338 e. The molecule has 0 bridgehead atoms. The highest BCUT2D eigenvalue weighted by molar-refractivity contribution is 5.91. The van der Waals surface area contributed by atoms with Gasteiger partial charge in [0.25, 0.3) is 0 Å². The summed E-state index contributed by atoms with van der Waals surface area (Å²) in [7, 11) is 0. The molecule has 0 aliphatic rings. The normalized spacial score (nSPS) is 10.6. The molecule has 0 spiro atoms. The molecule has 16 heavy (non-hydrogen) atoms. The van der Waals surface area contributed by atoms with Crippen LogP contribution in [-0.2, 0) is 11.2 Å². The molecule has 86 valence electrons. The van der Waals surface area contributed by atoms with E-state index in [0.717, 1.165) is 5.56 Å². The fraction of sp³-hybridized carbons (Fsp3) is 0.250. The van der Waals surface area contributed by atoms with Gasteiger partial charge in [-0.3, -0.25) is 0 Å². The molecule has 0 amide bonds. The number of nitrogens with two attached hydrogens (primary N) is 2. The number of carbonyl (C=O) groups is 1. The number of anilines is 1. The van der Waals surface area contributed by atoms with E-state index < -0.39 is 0 Å². The number of hydrogen-bond acceptors (Lipinski definition) is 4. The lowest BCUT2D eigenvalue weighted by molar-refractivity contribution is 0.0525. The Labute approximate surface area is 94.9 Å². The molecule has 0 atom stereocenters. The van der Waals surface area contributed by atoms with E-state index in [2.05, 4.69) is 0 Å². The van der Waals surface area contributed by atoms with Crippen LogP contribution in [0.1, 0.15) is 22.8 Å². The lowest BCUT2D eigenvalue weighted by Gasteiger charge is -2.08. The van der Waals surface area contributed by atoms with Crippen molar-refractivity contribution in [2.24, 2.45) is 5.73 Å². The molecule has 4 N–H and O–H groups in total. The van der Waals surface area contributed by atoms with Crippen LogP contribution in [0.3, 0.4) is 0 Å². The van der Waals surface area contributed by atoms with Crippen LogP contribution in [0, 0.1) is 0 Å². The summed E-state index contributed by atoms with van der Waals surface area (Å²) in [6, 6.07) is 5.11. The number of hydrogen-bond donors (Lipinski definition) is 2. The van der Waals surface area contributed by atoms with Crippen LogP contribution < -0.4 is 11.5 Å². The lowest BCUT2D eigenvalue weighted by atomic mass is 10.0. The van der Waals surface area contributed by atoms with Crippen molar-refractivity contribution < 1.29 is 9.53 Å². The molecule has 4 heteroatoms. The molecule has 0 aromatic heterocycles. The quantitative estimate of drug-likeness (QED) is 0.594. The average Bonchev–Trinajstić information content (AvgIpc) is 2.26. The molecule has 1 rings (SSSR count). The summed E-state index contributed by atoms with van der Waals surface area (Å²) in [6.07, 6.45) is 3.77. The molecule has 0 saturated heterocycles. The summed E-state index contributed by atoms with van der Waals surface area (Å²) in [6.45, 7) is 2.13. The second-order valence-corrected chi connectivity index (χ2v) is 3.27. The topological polar surface area (TPSA) is 78.3 Å². The van der Waals surface area contributed by atoms with Gasteiger partial charge in [0.15, 0.2) is 0 Å². The average molecular weight is 220 g/mol. The highest BCUT2D eigenvalue weighted by atomic mass is 16.5. The van der Waals surface area contributed by atoms with Crippen molar-refractivity contribution in [2.75, 3.05) is 12.3 Å². The molecule has 0 aliphatic heterocycles. The van der Waals surface area contributed by atoms with Crippen molar-refractivity contribution >= 4 is 11.7 Å². The zero-order chi connectivity index (χ0) is 12.0. The van der Waals surface area contributed by atoms with Gasteiger partial charge in [-0.15, -0.1) is 0 Å². The van der Waals surface area contributed by atoms with E-state index in [9.17, 15) is 4.79 Å². The Morgan fingerprint density at radius 2 is 2.25 bits per heavy atom. The molecule has 0 fully saturated rings. The van der Waals surface area contributed by atoms with E-state index in [1.165, 1.54) is 6.20 Å². The molecular weight excluding hydrogens is 204 g/mol. The fourth-order valence-corrected chi connectivity index (χ4v) is 1.39. The van der Waals surface area contributed by atoms with E-state index >= 15 is 0 Å². The number of allylic oxidation sites excluding steroid dienone is 1. The number of nitrogen functional groups attached to an aromatic ring is 1. The smallest absolute Gasteiger partial charge is 0.338 e. The van der Waals surface area contributed by atoms with Crippen molar-refractivity contribution in [2.45, 2.75) is 13.3 Å². The van der Waals surface area contributed by atoms with Gasteiger partial charge in [-0.05, 0) is 43.3 Å². The minimum atomic E-state index is -0.331. The molecule has 0 aliphatic carbocycles. The van der Waals surface area contributed by atoms with Crippen molar-refractivity contribution in [1.29, 1.82) is 0 Å². The van der Waals surface area contributed by atoms with Gasteiger partial charge in [0, 0.05) is 5.69 Å². The van der Waals surface area contributed by atoms with Crippen LogP contribution in [0.25, 0.3) is 0 Å². The number of ether oxygens (including phenoxy) is 1. The first kappa shape index (κ1) is 12.1. The third-order valence-corrected chi connectivity index (χ3v) is 2.10. The molecule has 0 heterocycles. The molecule has 1 aromatic carbocycles. The summed E-state index contributed by atoms with van der Waals surface area (Å²) in [5, 5.41) is 0. The number of esters is 1. The molecule has 0 radical (unpaired) electrons. The second kappa shape index (κ2) is 5.80. The Balaban J connectivity index is 3.01. The maximum absolute atomic E-state index is 11.6. The molecule has 4 nitrogen and oxygen atoms in total. The minimum Gasteiger partial charge on any atom is -0.462 e. The van der Waals surface area contributed by atoms with Gasteiger partial charge in [0.2, 0.25) is 0 Å². The van der Waals surface area contributed by atoms with E-state index in [0.29, 0.717) is 24.3 Å². The van der Waals surface area contributed by atoms with Gasteiger partial charge in [0.05, 0.1) is 12.2 Å². The first-order valence-electron chi connectivity index (χ1n) is 5.11. The van der Waals surface area contributed by atoms with Gasteiger partial charge in [-0.1, -0.05) is 6.08 Å². The summed E-state index contributed by atoms with van der Waals surface area (Å²) < 4.78 is 4.95. The second-order valence-electron chi connectivity index (χ2n) is 3.27. The van der Waals surface area contributed by atoms with E-state index in [-0.39, 0.29) is 5.97 Å². The van der Waals surface area contributed by atoms with E-state index in [1.54, 1.807) is 31.2 Å². The van der Waals surface area contributed by atoms with Crippen LogP contribution in [-0.4, -0.2) is 12.6 Å². The first-order chi connectivity index (χ1) is 7.69. The lowest BCUT2D eigenvalue weighted by Crippen LogP contribution is -2.08. The fourth-order valence-electron chi connectivity index (χ4n) is 1.39. The minimum absolute atomic E-state index is 0.331. The van der Waals surface area contributed by atoms with Crippen molar-refractivity contribution in [3.63, 3.8) is 0 Å². The Bertz CT molecular complexity index is 400. The monoisotopic (exact) mass is 220 g/mol. The Morgan fingerprint density at radius 1 is 1.50 bits per heavy atom. The number of benzene rings is 1. The number of carbonyl (C=O) groups excluding carboxylic acids is 1. The molecular formula is C12H16N2O2. The summed E-state index contributed by atoms with van der Waals surface area (Å²) >= 11 is 0. The summed E-state index contributed by atoms with van der Waals surface area (Å²) in [5.74, 6) is -0.331. The van der Waals surface area contributed by atoms with Crippen molar-refractivity contribution in [3.8, 4) is 0 Å². The van der Waals surface area contributed by atoms with Gasteiger partial charge < -0.3 is 16.2 Å². The molecule has 0 unspecified atom stereocenters. The van der Waals surface area contributed by atoms with Crippen LogP contribution in [0.15, 0.2) is 30.5 Å². The van der Waals surface area contributed by atoms with Crippen LogP contribution in [0.4, 0.5) is 5.69 Å². The maximum atomic E-state index is 11.6. The van der Waals surface area contributed by atoms with Crippen LogP contribution in [0.5, 0.6) is 0 Å². The van der Waals surface area contributed by atoms with Crippen molar-refractivity contribution in [1.82, 2.24) is 0 Å². The van der Waals surface area contributed by atoms with Crippen LogP contribution >= 0.6 is 0 Å². The van der Waals surface area contributed by atoms with E-state index in [4.69, 9.17) is 16.2 Å². The van der Waals surface area contributed by atoms with Gasteiger partial charge in [-0.2, -0.15) is 0 Å². The Kier molecular flexibility index (Phi) is 4.39. The third kappa shape index (κ3) is 3.02. The summed E-state index contributed by atoms with van der Waals surface area (Å²) in [4.78, 5) is 11.6. The predicted molar refractivity (Wildman–Crippen MR) is 63.8 cm³/mol. The highest BCUT2D eigenvalue weighted by Gasteiger charge is 2.11. The van der Waals surface area contributed by atoms with Gasteiger partial charge >= 0.3 is 5.97 Å². The predicted octanol–water partition coefficient (Wildman–Crippen LogP) is 1.46. The SMILES string of the molecule is CCOC(=O)c1ccc(N)cc1CC=CN. The van der Waals surface area contributed by atoms with Gasteiger partial charge in [0.1, 0.15) is 0 Å². The summed E-state index contributed by atoms with van der Waals surface area (Å²) in [5.41, 5.74) is 12.9. The first-order valence-corrected chi connectivity index (χ1v) is 5.11. The van der Waals surface area contributed by atoms with Crippen molar-refractivity contribution in [3.05, 3.63) is 41.6 Å². The third-order valence-electron chi connectivity index (χ3n) is 2.10. The standard InChI is InChI=1S/C12H16N2O2/c1-2-16-12(15)11-6-5-10(14)8-9(11)4-3-7-13/h3,5-8H,2,4,13-14H2,1H3. The largest absolute Gasteiger partial charge is 0.462 e. The molecule has 1 aromatic rings. The van der Waals surface area contributed by atoms with Crippen LogP contribution in [0.2, 0.25) is 0 Å². The Morgan fingerprint density at radius 3 is 2.88 bits per heavy atom. The Hall–Kier alpha value is -1.97. The van der Waals surface area contributed by atoms with Gasteiger partial charge in [-0.25, -0.2) is 4.79 Å². The molecule has 0 saturated carbocycles.